The largest absolute Gasteiger partial charge is 0.378 e. The van der Waals surface area contributed by atoms with E-state index < -0.39 is 0 Å². The van der Waals surface area contributed by atoms with Gasteiger partial charge in [-0.15, -0.1) is 10.2 Å². The van der Waals surface area contributed by atoms with Gasteiger partial charge in [0.1, 0.15) is 5.82 Å². The van der Waals surface area contributed by atoms with Gasteiger partial charge < -0.3 is 19.9 Å². The van der Waals surface area contributed by atoms with Crippen LogP contribution in [0.4, 0.5) is 0 Å². The first kappa shape index (κ1) is 16.3. The molecule has 1 aromatic rings. The highest BCUT2D eigenvalue weighted by atomic mass is 32.2. The number of ether oxygens (including phenoxy) is 1. The van der Waals surface area contributed by atoms with Gasteiger partial charge in [0.15, 0.2) is 5.16 Å². The number of carbonyl (C=O) groups is 1. The monoisotopic (exact) mass is 313 g/mol. The fraction of sp³-hybridized carbons (Fsp3) is 0.769. The molecule has 8 heteroatoms. The number of aromatic nitrogens is 3. The average Bonchev–Trinajstić information content (AvgIpc) is 2.90. The van der Waals surface area contributed by atoms with Gasteiger partial charge in [-0.3, -0.25) is 4.79 Å². The van der Waals surface area contributed by atoms with Crippen LogP contribution in [0.15, 0.2) is 5.16 Å². The van der Waals surface area contributed by atoms with Crippen molar-refractivity contribution in [1.82, 2.24) is 19.7 Å². The lowest BCUT2D eigenvalue weighted by Crippen LogP contribution is -2.44. The van der Waals surface area contributed by atoms with Crippen molar-refractivity contribution in [3.8, 4) is 0 Å². The smallest absolute Gasteiger partial charge is 0.236 e. The van der Waals surface area contributed by atoms with Crippen molar-refractivity contribution in [1.29, 1.82) is 0 Å². The SMILES string of the molecule is CCCn1c(CN)nnc1SC(C)C(=O)N1CCOCC1. The first-order valence-corrected chi connectivity index (χ1v) is 8.20. The van der Waals surface area contributed by atoms with Crippen molar-refractivity contribution in [3.63, 3.8) is 0 Å². The molecule has 7 nitrogen and oxygen atoms in total. The number of rotatable bonds is 6. The summed E-state index contributed by atoms with van der Waals surface area (Å²) in [5, 5.41) is 8.86. The lowest BCUT2D eigenvalue weighted by atomic mass is 10.3. The second-order valence-electron chi connectivity index (χ2n) is 4.95. The van der Waals surface area contributed by atoms with Gasteiger partial charge >= 0.3 is 0 Å². The van der Waals surface area contributed by atoms with Gasteiger partial charge in [0.25, 0.3) is 0 Å². The molecule has 118 valence electrons. The van der Waals surface area contributed by atoms with E-state index in [0.29, 0.717) is 32.8 Å². The molecule has 1 amide bonds. The molecule has 21 heavy (non-hydrogen) atoms. The summed E-state index contributed by atoms with van der Waals surface area (Å²) in [6, 6.07) is 0. The minimum atomic E-state index is -0.187. The Morgan fingerprint density at radius 1 is 1.43 bits per heavy atom. The molecule has 2 N–H and O–H groups in total. The molecule has 0 spiro atoms. The minimum absolute atomic E-state index is 0.128. The Morgan fingerprint density at radius 3 is 2.76 bits per heavy atom. The molecule has 1 aromatic heterocycles. The molecule has 0 aliphatic carbocycles. The zero-order valence-corrected chi connectivity index (χ0v) is 13.4. The van der Waals surface area contributed by atoms with Crippen LogP contribution in [-0.2, 0) is 22.6 Å². The van der Waals surface area contributed by atoms with E-state index in [-0.39, 0.29) is 11.2 Å². The Morgan fingerprint density at radius 2 is 2.14 bits per heavy atom. The highest BCUT2D eigenvalue weighted by Gasteiger charge is 2.25. The second kappa shape index (κ2) is 7.77. The van der Waals surface area contributed by atoms with E-state index in [4.69, 9.17) is 10.5 Å². The summed E-state index contributed by atoms with van der Waals surface area (Å²) in [5.74, 6) is 0.897. The maximum Gasteiger partial charge on any atom is 0.236 e. The number of nitrogens with two attached hydrogens (primary N) is 1. The third-order valence-electron chi connectivity index (χ3n) is 3.38. The van der Waals surface area contributed by atoms with Gasteiger partial charge in [-0.05, 0) is 13.3 Å². The molecule has 0 bridgehead atoms. The van der Waals surface area contributed by atoms with Gasteiger partial charge in [-0.25, -0.2) is 0 Å². The Kier molecular flexibility index (Phi) is 6.01. The molecule has 1 saturated heterocycles. The Hall–Kier alpha value is -1.12. The second-order valence-corrected chi connectivity index (χ2v) is 6.26. The van der Waals surface area contributed by atoms with Crippen LogP contribution < -0.4 is 5.73 Å². The van der Waals surface area contributed by atoms with Crippen LogP contribution in [0.5, 0.6) is 0 Å². The summed E-state index contributed by atoms with van der Waals surface area (Å²) in [6.07, 6.45) is 0.977. The predicted molar refractivity (Wildman–Crippen MR) is 80.9 cm³/mol. The molecule has 1 aliphatic heterocycles. The maximum atomic E-state index is 12.4. The van der Waals surface area contributed by atoms with Crippen LogP contribution in [0.3, 0.4) is 0 Å². The van der Waals surface area contributed by atoms with Crippen LogP contribution in [-0.4, -0.2) is 57.1 Å². The van der Waals surface area contributed by atoms with Gasteiger partial charge in [-0.1, -0.05) is 18.7 Å². The zero-order chi connectivity index (χ0) is 15.2. The molecular formula is C13H23N5O2S. The summed E-state index contributed by atoms with van der Waals surface area (Å²) in [7, 11) is 0. The number of morpholine rings is 1. The number of nitrogens with zero attached hydrogens (tertiary/aromatic N) is 4. The van der Waals surface area contributed by atoms with Crippen molar-refractivity contribution in [3.05, 3.63) is 5.82 Å². The number of hydrogen-bond acceptors (Lipinski definition) is 6. The van der Waals surface area contributed by atoms with Crippen LogP contribution in [0.1, 0.15) is 26.1 Å². The molecule has 2 heterocycles. The summed E-state index contributed by atoms with van der Waals surface area (Å²) >= 11 is 1.45. The fourth-order valence-corrected chi connectivity index (χ4v) is 3.23. The van der Waals surface area contributed by atoms with E-state index in [2.05, 4.69) is 17.1 Å². The van der Waals surface area contributed by atoms with Crippen LogP contribution >= 0.6 is 11.8 Å². The predicted octanol–water partition coefficient (Wildman–Crippen LogP) is 0.486. The quantitative estimate of drug-likeness (QED) is 0.769. The van der Waals surface area contributed by atoms with Crippen molar-refractivity contribution < 1.29 is 9.53 Å². The van der Waals surface area contributed by atoms with E-state index in [1.165, 1.54) is 11.8 Å². The highest BCUT2D eigenvalue weighted by molar-refractivity contribution is 8.00. The van der Waals surface area contributed by atoms with Crippen LogP contribution in [0, 0.1) is 0 Å². The topological polar surface area (TPSA) is 86.3 Å². The third-order valence-corrected chi connectivity index (χ3v) is 4.44. The Bertz CT molecular complexity index is 473. The summed E-state index contributed by atoms with van der Waals surface area (Å²) < 4.78 is 7.28. The Balaban J connectivity index is 2.02. The fourth-order valence-electron chi connectivity index (χ4n) is 2.25. The van der Waals surface area contributed by atoms with E-state index in [1.54, 1.807) is 0 Å². The first-order chi connectivity index (χ1) is 10.2. The van der Waals surface area contributed by atoms with Crippen LogP contribution in [0.2, 0.25) is 0 Å². The lowest BCUT2D eigenvalue weighted by molar-refractivity contribution is -0.134. The van der Waals surface area contributed by atoms with Gasteiger partial charge in [0, 0.05) is 19.6 Å². The maximum absolute atomic E-state index is 12.4. The minimum Gasteiger partial charge on any atom is -0.378 e. The molecule has 1 fully saturated rings. The molecule has 0 radical (unpaired) electrons. The van der Waals surface area contributed by atoms with Crippen molar-refractivity contribution in [2.24, 2.45) is 5.73 Å². The van der Waals surface area contributed by atoms with E-state index in [9.17, 15) is 4.79 Å². The summed E-state index contributed by atoms with van der Waals surface area (Å²) in [5.41, 5.74) is 5.68. The summed E-state index contributed by atoms with van der Waals surface area (Å²) in [4.78, 5) is 14.3. The van der Waals surface area contributed by atoms with Crippen molar-refractivity contribution in [2.45, 2.75) is 43.8 Å². The normalized spacial score (nSPS) is 17.0. The molecular weight excluding hydrogens is 290 g/mol. The molecule has 2 rings (SSSR count). The Labute approximate surface area is 129 Å². The number of amides is 1. The third kappa shape index (κ3) is 3.96. The number of thioether (sulfide) groups is 1. The number of carbonyl (C=O) groups excluding carboxylic acids is 1. The van der Waals surface area contributed by atoms with Gasteiger partial charge in [0.2, 0.25) is 5.91 Å². The van der Waals surface area contributed by atoms with Gasteiger partial charge in [-0.2, -0.15) is 0 Å². The van der Waals surface area contributed by atoms with E-state index in [0.717, 1.165) is 23.9 Å². The van der Waals surface area contributed by atoms with E-state index in [1.807, 2.05) is 16.4 Å². The molecule has 0 saturated carbocycles. The van der Waals surface area contributed by atoms with E-state index >= 15 is 0 Å². The van der Waals surface area contributed by atoms with Crippen molar-refractivity contribution in [2.75, 3.05) is 26.3 Å². The highest BCUT2D eigenvalue weighted by Crippen LogP contribution is 2.24. The zero-order valence-electron chi connectivity index (χ0n) is 12.6. The molecule has 0 aromatic carbocycles. The molecule has 1 aliphatic rings. The van der Waals surface area contributed by atoms with Crippen molar-refractivity contribution >= 4 is 17.7 Å². The lowest BCUT2D eigenvalue weighted by Gasteiger charge is -2.28. The molecule has 1 atom stereocenters. The average molecular weight is 313 g/mol. The standard InChI is InChI=1S/C13H23N5O2S/c1-3-4-18-11(9-14)15-16-13(18)21-10(2)12(19)17-5-7-20-8-6-17/h10H,3-9,14H2,1-2H3. The van der Waals surface area contributed by atoms with Gasteiger partial charge in [0.05, 0.1) is 25.0 Å². The summed E-state index contributed by atoms with van der Waals surface area (Å²) in [6.45, 7) is 7.75. The molecule has 1 unspecified atom stereocenters. The first-order valence-electron chi connectivity index (χ1n) is 7.32. The van der Waals surface area contributed by atoms with Crippen LogP contribution in [0.25, 0.3) is 0 Å². The number of hydrogen-bond donors (Lipinski definition) is 1.